The molecule has 0 saturated heterocycles. The maximum absolute atomic E-state index is 6.40. The van der Waals surface area contributed by atoms with Gasteiger partial charge in [0.05, 0.1) is 0 Å². The molecule has 0 spiro atoms. The second kappa shape index (κ2) is 10.7. The zero-order valence-electron chi connectivity index (χ0n) is 10.6. The molecule has 0 aliphatic carbocycles. The first-order valence-electron chi connectivity index (χ1n) is 6.61. The molecular formula is C13H26Cl2Si. The molecule has 16 heavy (non-hydrogen) atoms. The van der Waals surface area contributed by atoms with Crippen LogP contribution in [0.3, 0.4) is 0 Å². The van der Waals surface area contributed by atoms with Gasteiger partial charge in [-0.15, -0.1) is 28.7 Å². The van der Waals surface area contributed by atoms with Crippen molar-refractivity contribution < 1.29 is 0 Å². The largest absolute Gasteiger partial charge is 0.251 e. The molecule has 0 amide bonds. The summed E-state index contributed by atoms with van der Waals surface area (Å²) in [6.07, 6.45) is 11.9. The Morgan fingerprint density at radius 2 is 1.50 bits per heavy atom. The number of hydrogen-bond acceptors (Lipinski definition) is 0. The third kappa shape index (κ3) is 11.0. The van der Waals surface area contributed by atoms with Gasteiger partial charge in [-0.1, -0.05) is 51.5 Å². The fourth-order valence-corrected chi connectivity index (χ4v) is 5.17. The second-order valence-corrected chi connectivity index (χ2v) is 12.2. The fraction of sp³-hybridized carbons (Fsp3) is 0.846. The molecular weight excluding hydrogens is 255 g/mol. The lowest BCUT2D eigenvalue weighted by atomic mass is 10.1. The van der Waals surface area contributed by atoms with Crippen LogP contribution in [0, 0.1) is 0 Å². The molecule has 0 N–H and O–H groups in total. The molecule has 0 atom stereocenters. The molecule has 0 aromatic heterocycles. The van der Waals surface area contributed by atoms with Crippen molar-refractivity contribution in [1.29, 1.82) is 0 Å². The topological polar surface area (TPSA) is 0 Å². The van der Waals surface area contributed by atoms with E-state index in [9.17, 15) is 0 Å². The molecule has 96 valence electrons. The second-order valence-electron chi connectivity index (χ2n) is 4.55. The fourth-order valence-electron chi connectivity index (χ4n) is 1.78. The Kier molecular flexibility index (Phi) is 11.0. The first kappa shape index (κ1) is 16.5. The monoisotopic (exact) mass is 280 g/mol. The summed E-state index contributed by atoms with van der Waals surface area (Å²) in [5.74, 6) is 0. The number of unbranched alkanes of at least 4 members (excludes halogenated alkanes) is 6. The van der Waals surface area contributed by atoms with Crippen LogP contribution in [0.1, 0.15) is 58.3 Å². The van der Waals surface area contributed by atoms with Crippen molar-refractivity contribution in [3.8, 4) is 0 Å². The molecule has 0 fully saturated rings. The van der Waals surface area contributed by atoms with Gasteiger partial charge in [-0.2, -0.15) is 0 Å². The van der Waals surface area contributed by atoms with Gasteiger partial charge in [-0.25, -0.2) is 0 Å². The SMILES string of the molecule is C=CCCCCCC[Si](Cl)(Cl)CCCCC. The van der Waals surface area contributed by atoms with E-state index in [0.717, 1.165) is 18.5 Å². The number of halogens is 2. The molecule has 0 saturated carbocycles. The van der Waals surface area contributed by atoms with Crippen LogP contribution in [0.25, 0.3) is 0 Å². The average Bonchev–Trinajstić information content (AvgIpc) is 2.23. The van der Waals surface area contributed by atoms with E-state index >= 15 is 0 Å². The van der Waals surface area contributed by atoms with Gasteiger partial charge >= 0.3 is 0 Å². The molecule has 3 heteroatoms. The van der Waals surface area contributed by atoms with E-state index in [-0.39, 0.29) is 0 Å². The van der Waals surface area contributed by atoms with Crippen LogP contribution in [-0.4, -0.2) is 6.69 Å². The van der Waals surface area contributed by atoms with Crippen LogP contribution in [0.15, 0.2) is 12.7 Å². The number of rotatable bonds is 11. The normalized spacial score (nSPS) is 11.7. The van der Waals surface area contributed by atoms with Crippen molar-refractivity contribution in [2.24, 2.45) is 0 Å². The summed E-state index contributed by atoms with van der Waals surface area (Å²) in [6.45, 7) is 4.05. The van der Waals surface area contributed by atoms with Crippen LogP contribution in [0.2, 0.25) is 12.1 Å². The maximum Gasteiger partial charge on any atom is 0.251 e. The van der Waals surface area contributed by atoms with Crippen LogP contribution in [-0.2, 0) is 0 Å². The summed E-state index contributed by atoms with van der Waals surface area (Å²) < 4.78 is 0. The smallest absolute Gasteiger partial charge is 0.146 e. The minimum Gasteiger partial charge on any atom is -0.146 e. The lowest BCUT2D eigenvalue weighted by Gasteiger charge is -2.15. The molecule has 0 heterocycles. The lowest BCUT2D eigenvalue weighted by molar-refractivity contribution is 0.671. The maximum atomic E-state index is 6.40. The summed E-state index contributed by atoms with van der Waals surface area (Å²) >= 11 is 12.8. The van der Waals surface area contributed by atoms with E-state index in [1.165, 1.54) is 44.9 Å². The van der Waals surface area contributed by atoms with Gasteiger partial charge in [0, 0.05) is 0 Å². The highest BCUT2D eigenvalue weighted by atomic mass is 35.7. The van der Waals surface area contributed by atoms with Crippen LogP contribution in [0.5, 0.6) is 0 Å². The van der Waals surface area contributed by atoms with Crippen LogP contribution < -0.4 is 0 Å². The van der Waals surface area contributed by atoms with Crippen molar-refractivity contribution in [1.82, 2.24) is 0 Å². The van der Waals surface area contributed by atoms with Gasteiger partial charge in [-0.05, 0) is 24.9 Å². The van der Waals surface area contributed by atoms with Crippen molar-refractivity contribution in [2.45, 2.75) is 70.4 Å². The Morgan fingerprint density at radius 1 is 0.938 bits per heavy atom. The minimum absolute atomic E-state index is 1.08. The van der Waals surface area contributed by atoms with E-state index < -0.39 is 6.69 Å². The third-order valence-electron chi connectivity index (χ3n) is 2.85. The van der Waals surface area contributed by atoms with Gasteiger partial charge in [-0.3, -0.25) is 0 Å². The predicted octanol–water partition coefficient (Wildman–Crippen LogP) is 6.23. The summed E-state index contributed by atoms with van der Waals surface area (Å²) in [6, 6.07) is 2.16. The van der Waals surface area contributed by atoms with Gasteiger partial charge in [0.25, 0.3) is 6.69 Å². The van der Waals surface area contributed by atoms with E-state index in [1.807, 2.05) is 6.08 Å². The number of allylic oxidation sites excluding steroid dienone is 1. The Morgan fingerprint density at radius 3 is 2.06 bits per heavy atom. The summed E-state index contributed by atoms with van der Waals surface area (Å²) in [7, 11) is 0. The van der Waals surface area contributed by atoms with Gasteiger partial charge in [0.15, 0.2) is 0 Å². The average molecular weight is 281 g/mol. The van der Waals surface area contributed by atoms with Gasteiger partial charge in [0.2, 0.25) is 0 Å². The molecule has 0 unspecified atom stereocenters. The highest BCUT2D eigenvalue weighted by Crippen LogP contribution is 2.30. The molecule has 0 nitrogen and oxygen atoms in total. The standard InChI is InChI=1S/C13H26Cl2Si/c1-3-5-7-8-9-11-13-16(14,15)12-10-6-4-2/h3H,1,4-13H2,2H3. The highest BCUT2D eigenvalue weighted by molar-refractivity contribution is 7.45. The van der Waals surface area contributed by atoms with E-state index in [0.29, 0.717) is 0 Å². The van der Waals surface area contributed by atoms with Crippen molar-refractivity contribution in [2.75, 3.05) is 0 Å². The Labute approximate surface area is 112 Å². The molecule has 0 aliphatic rings. The predicted molar refractivity (Wildman–Crippen MR) is 79.9 cm³/mol. The quantitative estimate of drug-likeness (QED) is 0.182. The van der Waals surface area contributed by atoms with Crippen molar-refractivity contribution in [3.63, 3.8) is 0 Å². The Balaban J connectivity index is 3.38. The lowest BCUT2D eigenvalue weighted by Crippen LogP contribution is -2.18. The van der Waals surface area contributed by atoms with Gasteiger partial charge < -0.3 is 0 Å². The molecule has 0 rings (SSSR count). The molecule has 0 aliphatic heterocycles. The van der Waals surface area contributed by atoms with E-state index in [2.05, 4.69) is 13.5 Å². The van der Waals surface area contributed by atoms with E-state index in [4.69, 9.17) is 22.2 Å². The molecule has 0 aromatic rings. The van der Waals surface area contributed by atoms with Gasteiger partial charge in [0.1, 0.15) is 0 Å². The first-order valence-corrected chi connectivity index (χ1v) is 11.0. The van der Waals surface area contributed by atoms with E-state index in [1.54, 1.807) is 0 Å². The summed E-state index contributed by atoms with van der Waals surface area (Å²) in [5.41, 5.74) is 0. The molecule has 0 aromatic carbocycles. The summed E-state index contributed by atoms with van der Waals surface area (Å²) in [5, 5.41) is 0. The zero-order chi connectivity index (χ0) is 12.3. The summed E-state index contributed by atoms with van der Waals surface area (Å²) in [4.78, 5) is 0. The van der Waals surface area contributed by atoms with Crippen molar-refractivity contribution >= 4 is 28.9 Å². The highest BCUT2D eigenvalue weighted by Gasteiger charge is 2.26. The Hall–Kier alpha value is 0.537. The number of hydrogen-bond donors (Lipinski definition) is 0. The molecule has 0 radical (unpaired) electrons. The van der Waals surface area contributed by atoms with Crippen LogP contribution >= 0.6 is 22.2 Å². The minimum atomic E-state index is -1.88. The zero-order valence-corrected chi connectivity index (χ0v) is 13.1. The first-order chi connectivity index (χ1) is 7.62. The van der Waals surface area contributed by atoms with Crippen molar-refractivity contribution in [3.05, 3.63) is 12.7 Å². The third-order valence-corrected chi connectivity index (χ3v) is 7.28. The molecule has 0 bridgehead atoms. The van der Waals surface area contributed by atoms with Crippen LogP contribution in [0.4, 0.5) is 0 Å². The Bertz CT molecular complexity index is 169.